The maximum absolute atomic E-state index is 12.8. The van der Waals surface area contributed by atoms with Crippen LogP contribution in [0.5, 0.6) is 0 Å². The smallest absolute Gasteiger partial charge is 0.170 e. The van der Waals surface area contributed by atoms with Gasteiger partial charge in [0, 0.05) is 18.3 Å². The van der Waals surface area contributed by atoms with Crippen LogP contribution in [0.1, 0.15) is 19.8 Å². The van der Waals surface area contributed by atoms with Crippen LogP contribution in [0.15, 0.2) is 24.3 Å². The Balaban J connectivity index is 1.77. The second kappa shape index (κ2) is 6.82. The van der Waals surface area contributed by atoms with Gasteiger partial charge in [-0.2, -0.15) is 0 Å². The molecule has 1 aromatic carbocycles. The summed E-state index contributed by atoms with van der Waals surface area (Å²) in [7, 11) is 0. The third-order valence-corrected chi connectivity index (χ3v) is 3.75. The second-order valence-electron chi connectivity index (χ2n) is 4.77. The molecule has 2 N–H and O–H groups in total. The van der Waals surface area contributed by atoms with Gasteiger partial charge in [0.1, 0.15) is 5.82 Å². The van der Waals surface area contributed by atoms with Crippen molar-refractivity contribution in [2.75, 3.05) is 25.0 Å². The van der Waals surface area contributed by atoms with Crippen molar-refractivity contribution in [3.05, 3.63) is 30.1 Å². The van der Waals surface area contributed by atoms with E-state index in [0.717, 1.165) is 18.8 Å². The fraction of sp³-hybridized carbons (Fsp3) is 0.500. The van der Waals surface area contributed by atoms with Crippen LogP contribution in [0.2, 0.25) is 0 Å². The molecule has 0 aromatic heterocycles. The van der Waals surface area contributed by atoms with Gasteiger partial charge in [-0.3, -0.25) is 4.90 Å². The van der Waals surface area contributed by atoms with E-state index in [0.29, 0.717) is 11.2 Å². The van der Waals surface area contributed by atoms with E-state index in [1.807, 2.05) is 0 Å². The number of likely N-dealkylation sites (N-methyl/N-ethyl adjacent to an activating group) is 1. The molecule has 1 aliphatic rings. The zero-order valence-corrected chi connectivity index (χ0v) is 12.0. The summed E-state index contributed by atoms with van der Waals surface area (Å²) in [5.41, 5.74) is 0.803. The first-order chi connectivity index (χ1) is 9.19. The summed E-state index contributed by atoms with van der Waals surface area (Å²) in [4.78, 5) is 2.47. The van der Waals surface area contributed by atoms with Gasteiger partial charge in [-0.1, -0.05) is 6.92 Å². The van der Waals surface area contributed by atoms with E-state index >= 15 is 0 Å². The van der Waals surface area contributed by atoms with Crippen LogP contribution < -0.4 is 10.6 Å². The van der Waals surface area contributed by atoms with Gasteiger partial charge >= 0.3 is 0 Å². The van der Waals surface area contributed by atoms with Crippen LogP contribution in [0.25, 0.3) is 0 Å². The third kappa shape index (κ3) is 4.14. The van der Waals surface area contributed by atoms with E-state index in [1.54, 1.807) is 12.1 Å². The molecule has 1 aliphatic heterocycles. The number of benzene rings is 1. The summed E-state index contributed by atoms with van der Waals surface area (Å²) in [6.07, 6.45) is 2.48. The van der Waals surface area contributed by atoms with E-state index in [-0.39, 0.29) is 5.82 Å². The van der Waals surface area contributed by atoms with Crippen LogP contribution in [-0.2, 0) is 0 Å². The van der Waals surface area contributed by atoms with Gasteiger partial charge in [-0.05, 0) is 62.4 Å². The largest absolute Gasteiger partial charge is 0.361 e. The van der Waals surface area contributed by atoms with Crippen molar-refractivity contribution in [3.63, 3.8) is 0 Å². The maximum atomic E-state index is 12.8. The average molecular weight is 281 g/mol. The monoisotopic (exact) mass is 281 g/mol. The lowest BCUT2D eigenvalue weighted by Gasteiger charge is -2.23. The summed E-state index contributed by atoms with van der Waals surface area (Å²) >= 11 is 5.24. The first-order valence-electron chi connectivity index (χ1n) is 6.73. The van der Waals surface area contributed by atoms with Crippen LogP contribution in [0.3, 0.4) is 0 Å². The molecule has 0 amide bonds. The van der Waals surface area contributed by atoms with Gasteiger partial charge in [0.15, 0.2) is 5.11 Å². The highest BCUT2D eigenvalue weighted by molar-refractivity contribution is 7.80. The minimum atomic E-state index is -0.242. The normalized spacial score (nSPS) is 19.4. The van der Waals surface area contributed by atoms with E-state index in [9.17, 15) is 4.39 Å². The standard InChI is InChI=1S/C14H20FN3S/c1-2-18-9-3-4-13(18)10-16-14(19)17-12-7-5-11(15)6-8-12/h5-8,13H,2-4,9-10H2,1H3,(H2,16,17,19)/t13-/m0/s1. The molecule has 1 aromatic rings. The van der Waals surface area contributed by atoms with Crippen molar-refractivity contribution < 1.29 is 4.39 Å². The second-order valence-corrected chi connectivity index (χ2v) is 5.17. The minimum absolute atomic E-state index is 0.242. The van der Waals surface area contributed by atoms with Gasteiger partial charge in [0.25, 0.3) is 0 Å². The fourth-order valence-electron chi connectivity index (χ4n) is 2.46. The lowest BCUT2D eigenvalue weighted by molar-refractivity contribution is 0.267. The molecule has 5 heteroatoms. The van der Waals surface area contributed by atoms with Gasteiger partial charge in [0.05, 0.1) is 0 Å². The Labute approximate surface area is 119 Å². The van der Waals surface area contributed by atoms with Crippen molar-refractivity contribution in [1.82, 2.24) is 10.2 Å². The Hall–Kier alpha value is -1.20. The van der Waals surface area contributed by atoms with Gasteiger partial charge in [0.2, 0.25) is 0 Å². The lowest BCUT2D eigenvalue weighted by Crippen LogP contribution is -2.41. The van der Waals surface area contributed by atoms with E-state index in [1.165, 1.54) is 31.5 Å². The van der Waals surface area contributed by atoms with Crippen LogP contribution in [0.4, 0.5) is 10.1 Å². The Morgan fingerprint density at radius 3 is 2.84 bits per heavy atom. The van der Waals surface area contributed by atoms with Crippen molar-refractivity contribution in [1.29, 1.82) is 0 Å². The Morgan fingerprint density at radius 2 is 2.16 bits per heavy atom. The number of hydrogen-bond donors (Lipinski definition) is 2. The molecule has 0 aliphatic carbocycles. The molecule has 1 fully saturated rings. The molecule has 3 nitrogen and oxygen atoms in total. The molecule has 1 atom stereocenters. The molecule has 0 spiro atoms. The molecule has 104 valence electrons. The molecule has 0 bridgehead atoms. The summed E-state index contributed by atoms with van der Waals surface area (Å²) < 4.78 is 12.8. The van der Waals surface area contributed by atoms with Crippen LogP contribution in [0, 0.1) is 5.82 Å². The molecule has 0 saturated carbocycles. The highest BCUT2D eigenvalue weighted by Crippen LogP contribution is 2.15. The van der Waals surface area contributed by atoms with E-state index in [4.69, 9.17) is 12.2 Å². The number of rotatable bonds is 4. The molecule has 0 radical (unpaired) electrons. The Kier molecular flexibility index (Phi) is 5.10. The molecular weight excluding hydrogens is 261 g/mol. The summed E-state index contributed by atoms with van der Waals surface area (Å²) in [5, 5.41) is 6.89. The Morgan fingerprint density at radius 1 is 1.42 bits per heavy atom. The number of thiocarbonyl (C=S) groups is 1. The number of likely N-dealkylation sites (tertiary alicyclic amines) is 1. The summed E-state index contributed by atoms with van der Waals surface area (Å²) in [6.45, 7) is 5.32. The molecule has 1 saturated heterocycles. The highest BCUT2D eigenvalue weighted by atomic mass is 32.1. The van der Waals surface area contributed by atoms with Crippen molar-refractivity contribution in [2.45, 2.75) is 25.8 Å². The molecular formula is C14H20FN3S. The molecule has 0 unspecified atom stereocenters. The predicted molar refractivity (Wildman–Crippen MR) is 80.9 cm³/mol. The first-order valence-corrected chi connectivity index (χ1v) is 7.14. The molecule has 1 heterocycles. The number of nitrogens with zero attached hydrogens (tertiary/aromatic N) is 1. The number of nitrogens with one attached hydrogen (secondary N) is 2. The lowest BCUT2D eigenvalue weighted by atomic mass is 10.2. The summed E-state index contributed by atoms with van der Waals surface area (Å²) in [5.74, 6) is -0.242. The number of anilines is 1. The van der Waals surface area contributed by atoms with Crippen molar-refractivity contribution in [2.24, 2.45) is 0 Å². The van der Waals surface area contributed by atoms with Gasteiger partial charge in [-0.25, -0.2) is 4.39 Å². The van der Waals surface area contributed by atoms with Gasteiger partial charge < -0.3 is 10.6 Å². The molecule has 2 rings (SSSR count). The summed E-state index contributed by atoms with van der Waals surface area (Å²) in [6, 6.07) is 6.76. The highest BCUT2D eigenvalue weighted by Gasteiger charge is 2.22. The fourth-order valence-corrected chi connectivity index (χ4v) is 2.66. The third-order valence-electron chi connectivity index (χ3n) is 3.51. The van der Waals surface area contributed by atoms with Crippen molar-refractivity contribution in [3.8, 4) is 0 Å². The molecule has 19 heavy (non-hydrogen) atoms. The topological polar surface area (TPSA) is 27.3 Å². The van der Waals surface area contributed by atoms with E-state index in [2.05, 4.69) is 22.5 Å². The number of halogens is 1. The van der Waals surface area contributed by atoms with E-state index < -0.39 is 0 Å². The zero-order chi connectivity index (χ0) is 13.7. The average Bonchev–Trinajstić information content (AvgIpc) is 2.86. The van der Waals surface area contributed by atoms with Crippen molar-refractivity contribution >= 4 is 23.0 Å². The zero-order valence-electron chi connectivity index (χ0n) is 11.2. The number of hydrogen-bond acceptors (Lipinski definition) is 2. The van der Waals surface area contributed by atoms with Crippen LogP contribution >= 0.6 is 12.2 Å². The maximum Gasteiger partial charge on any atom is 0.170 e. The minimum Gasteiger partial charge on any atom is -0.361 e. The van der Waals surface area contributed by atoms with Gasteiger partial charge in [-0.15, -0.1) is 0 Å². The first kappa shape index (κ1) is 14.2. The quantitative estimate of drug-likeness (QED) is 0.830. The van der Waals surface area contributed by atoms with Crippen LogP contribution in [-0.4, -0.2) is 35.7 Å². The SMILES string of the molecule is CCN1CCC[C@H]1CNC(=S)Nc1ccc(F)cc1. The Bertz CT molecular complexity index is 421. The predicted octanol–water partition coefficient (Wildman–Crippen LogP) is 2.60.